The number of aromatic nitrogens is 3. The molecule has 2 heterocycles. The summed E-state index contributed by atoms with van der Waals surface area (Å²) in [7, 11) is 0. The van der Waals surface area contributed by atoms with Crippen LogP contribution >= 0.6 is 27.7 Å². The molecule has 4 nitrogen and oxygen atoms in total. The molecule has 26 heavy (non-hydrogen) atoms. The first-order valence-electron chi connectivity index (χ1n) is 8.19. The number of nitrogens with zero attached hydrogens (tertiary/aromatic N) is 3. The second-order valence-electron chi connectivity index (χ2n) is 5.76. The van der Waals surface area contributed by atoms with E-state index < -0.39 is 0 Å². The molecule has 0 aliphatic carbocycles. The Kier molecular flexibility index (Phi) is 5.22. The molecule has 0 unspecified atom stereocenters. The molecule has 0 amide bonds. The molecule has 0 fully saturated rings. The zero-order valence-corrected chi connectivity index (χ0v) is 16.3. The quantitative estimate of drug-likeness (QED) is 0.374. The van der Waals surface area contributed by atoms with E-state index in [9.17, 15) is 0 Å². The highest BCUT2D eigenvalue weighted by Gasteiger charge is 2.17. The Morgan fingerprint density at radius 2 is 1.54 bits per heavy atom. The molecule has 4 aromatic rings. The molecular weight excluding hydrogens is 410 g/mol. The maximum absolute atomic E-state index is 5.71. The minimum Gasteiger partial charge on any atom is -0.446 e. The number of hydrogen-bond donors (Lipinski definition) is 0. The van der Waals surface area contributed by atoms with Crippen LogP contribution in [0.15, 0.2) is 87.0 Å². The van der Waals surface area contributed by atoms with Crippen molar-refractivity contribution in [2.45, 2.75) is 17.5 Å². The first-order valence-corrected chi connectivity index (χ1v) is 9.97. The SMILES string of the molecule is Brc1ccc(-c2nnc(SCc3ccccc3)n2Cc2ccccc2)o1. The Labute approximate surface area is 164 Å². The van der Waals surface area contributed by atoms with E-state index in [4.69, 9.17) is 4.42 Å². The van der Waals surface area contributed by atoms with E-state index in [1.807, 2.05) is 36.4 Å². The lowest BCUT2D eigenvalue weighted by molar-refractivity contribution is 0.545. The monoisotopic (exact) mass is 425 g/mol. The zero-order valence-electron chi connectivity index (χ0n) is 13.9. The van der Waals surface area contributed by atoms with Gasteiger partial charge in [-0.05, 0) is 39.2 Å². The van der Waals surface area contributed by atoms with E-state index in [1.165, 1.54) is 11.1 Å². The van der Waals surface area contributed by atoms with Crippen LogP contribution in [0, 0.1) is 0 Å². The zero-order chi connectivity index (χ0) is 17.8. The summed E-state index contributed by atoms with van der Waals surface area (Å²) < 4.78 is 8.49. The lowest BCUT2D eigenvalue weighted by Gasteiger charge is -2.09. The molecule has 6 heteroatoms. The molecule has 0 saturated carbocycles. The van der Waals surface area contributed by atoms with Crippen LogP contribution in [0.5, 0.6) is 0 Å². The van der Waals surface area contributed by atoms with E-state index in [1.54, 1.807) is 11.8 Å². The topological polar surface area (TPSA) is 43.9 Å². The maximum atomic E-state index is 5.71. The minimum atomic E-state index is 0.681. The molecule has 2 aromatic carbocycles. The molecule has 0 bridgehead atoms. The number of hydrogen-bond acceptors (Lipinski definition) is 4. The normalized spacial score (nSPS) is 11.0. The highest BCUT2D eigenvalue weighted by molar-refractivity contribution is 9.10. The molecule has 0 spiro atoms. The summed E-state index contributed by atoms with van der Waals surface area (Å²) in [5.74, 6) is 2.28. The second kappa shape index (κ2) is 7.93. The van der Waals surface area contributed by atoms with E-state index in [-0.39, 0.29) is 0 Å². The number of benzene rings is 2. The number of thioether (sulfide) groups is 1. The van der Waals surface area contributed by atoms with Crippen molar-refractivity contribution in [3.63, 3.8) is 0 Å². The van der Waals surface area contributed by atoms with Gasteiger partial charge in [-0.15, -0.1) is 10.2 Å². The van der Waals surface area contributed by atoms with Gasteiger partial charge < -0.3 is 4.42 Å². The van der Waals surface area contributed by atoms with Gasteiger partial charge in [0, 0.05) is 5.75 Å². The van der Waals surface area contributed by atoms with Crippen LogP contribution in [-0.2, 0) is 12.3 Å². The fourth-order valence-corrected chi connectivity index (χ4v) is 3.84. The Morgan fingerprint density at radius 1 is 0.846 bits per heavy atom. The number of halogens is 1. The predicted molar refractivity (Wildman–Crippen MR) is 107 cm³/mol. The van der Waals surface area contributed by atoms with E-state index >= 15 is 0 Å². The number of furan rings is 1. The fourth-order valence-electron chi connectivity index (χ4n) is 2.64. The third-order valence-corrected chi connectivity index (χ3v) is 5.37. The van der Waals surface area contributed by atoms with Crippen LogP contribution in [0.4, 0.5) is 0 Å². The van der Waals surface area contributed by atoms with Crippen molar-refractivity contribution in [3.05, 3.63) is 88.6 Å². The molecule has 0 atom stereocenters. The summed E-state index contributed by atoms with van der Waals surface area (Å²) in [6, 6.07) is 24.5. The maximum Gasteiger partial charge on any atom is 0.200 e. The summed E-state index contributed by atoms with van der Waals surface area (Å²) in [4.78, 5) is 0. The van der Waals surface area contributed by atoms with E-state index in [2.05, 4.69) is 67.1 Å². The average molecular weight is 426 g/mol. The Bertz CT molecular complexity index is 983. The van der Waals surface area contributed by atoms with Crippen LogP contribution < -0.4 is 0 Å². The summed E-state index contributed by atoms with van der Waals surface area (Å²) in [5.41, 5.74) is 2.45. The van der Waals surface area contributed by atoms with Crippen molar-refractivity contribution in [2.75, 3.05) is 0 Å². The molecule has 2 aromatic heterocycles. The Hall–Kier alpha value is -2.31. The molecular formula is C20H16BrN3OS. The summed E-state index contributed by atoms with van der Waals surface area (Å²) >= 11 is 5.04. The average Bonchev–Trinajstić information content (AvgIpc) is 3.28. The van der Waals surface area contributed by atoms with E-state index in [0.29, 0.717) is 17.0 Å². The lowest BCUT2D eigenvalue weighted by atomic mass is 10.2. The van der Waals surface area contributed by atoms with Crippen molar-refractivity contribution in [3.8, 4) is 11.6 Å². The number of rotatable bonds is 6. The van der Waals surface area contributed by atoms with Gasteiger partial charge in [-0.1, -0.05) is 72.4 Å². The highest BCUT2D eigenvalue weighted by atomic mass is 79.9. The van der Waals surface area contributed by atoms with Gasteiger partial charge in [0.15, 0.2) is 15.6 Å². The molecule has 0 aliphatic heterocycles. The van der Waals surface area contributed by atoms with Crippen LogP contribution in [-0.4, -0.2) is 14.8 Å². The second-order valence-corrected chi connectivity index (χ2v) is 7.48. The van der Waals surface area contributed by atoms with Gasteiger partial charge in [0.25, 0.3) is 0 Å². The highest BCUT2D eigenvalue weighted by Crippen LogP contribution is 2.29. The van der Waals surface area contributed by atoms with Gasteiger partial charge in [-0.3, -0.25) is 4.57 Å². The van der Waals surface area contributed by atoms with Crippen molar-refractivity contribution in [1.29, 1.82) is 0 Å². The Morgan fingerprint density at radius 3 is 2.19 bits per heavy atom. The third-order valence-electron chi connectivity index (χ3n) is 3.90. The minimum absolute atomic E-state index is 0.681. The lowest BCUT2D eigenvalue weighted by Crippen LogP contribution is -2.03. The summed E-state index contributed by atoms with van der Waals surface area (Å²) in [5, 5.41) is 9.67. The van der Waals surface area contributed by atoms with E-state index in [0.717, 1.165) is 16.7 Å². The summed E-state index contributed by atoms with van der Waals surface area (Å²) in [6.07, 6.45) is 0. The van der Waals surface area contributed by atoms with Gasteiger partial charge >= 0.3 is 0 Å². The largest absolute Gasteiger partial charge is 0.446 e. The summed E-state index contributed by atoms with van der Waals surface area (Å²) in [6.45, 7) is 0.693. The molecule has 130 valence electrons. The smallest absolute Gasteiger partial charge is 0.200 e. The molecule has 4 rings (SSSR count). The molecule has 0 radical (unpaired) electrons. The molecule has 0 N–H and O–H groups in total. The molecule has 0 saturated heterocycles. The van der Waals surface area contributed by atoms with Crippen LogP contribution in [0.3, 0.4) is 0 Å². The van der Waals surface area contributed by atoms with Gasteiger partial charge in [0.1, 0.15) is 0 Å². The van der Waals surface area contributed by atoms with Gasteiger partial charge in [0.05, 0.1) is 6.54 Å². The predicted octanol–water partition coefficient (Wildman–Crippen LogP) is 5.64. The van der Waals surface area contributed by atoms with Crippen LogP contribution in [0.1, 0.15) is 11.1 Å². The standard InChI is InChI=1S/C20H16BrN3OS/c21-18-12-11-17(25-18)19-22-23-20(26-14-16-9-5-2-6-10-16)24(19)13-15-7-3-1-4-8-15/h1-12H,13-14H2. The van der Waals surface area contributed by atoms with Crippen molar-refractivity contribution in [2.24, 2.45) is 0 Å². The van der Waals surface area contributed by atoms with Crippen molar-refractivity contribution < 1.29 is 4.42 Å². The Balaban J connectivity index is 1.65. The fraction of sp³-hybridized carbons (Fsp3) is 0.100. The first-order chi connectivity index (χ1) is 12.8. The van der Waals surface area contributed by atoms with Crippen LogP contribution in [0.25, 0.3) is 11.6 Å². The van der Waals surface area contributed by atoms with Crippen molar-refractivity contribution >= 4 is 27.7 Å². The first kappa shape index (κ1) is 17.1. The molecule has 0 aliphatic rings. The third kappa shape index (κ3) is 3.92. The van der Waals surface area contributed by atoms with Crippen LogP contribution in [0.2, 0.25) is 0 Å². The van der Waals surface area contributed by atoms with Gasteiger partial charge in [-0.25, -0.2) is 0 Å². The van der Waals surface area contributed by atoms with Gasteiger partial charge in [-0.2, -0.15) is 0 Å². The van der Waals surface area contributed by atoms with Crippen molar-refractivity contribution in [1.82, 2.24) is 14.8 Å². The van der Waals surface area contributed by atoms with Gasteiger partial charge in [0.2, 0.25) is 5.82 Å².